The first-order valence-corrected chi connectivity index (χ1v) is 9.79. The lowest BCUT2D eigenvalue weighted by Crippen LogP contribution is -2.37. The van der Waals surface area contributed by atoms with Crippen molar-refractivity contribution in [2.75, 3.05) is 6.54 Å². The summed E-state index contributed by atoms with van der Waals surface area (Å²) in [5.74, 6) is 0.0606. The normalized spacial score (nSPS) is 16.0. The highest BCUT2D eigenvalue weighted by Crippen LogP contribution is 2.21. The number of oxime groups is 1. The summed E-state index contributed by atoms with van der Waals surface area (Å²) in [4.78, 5) is 20.2. The van der Waals surface area contributed by atoms with Crippen LogP contribution < -0.4 is 0 Å². The van der Waals surface area contributed by atoms with Gasteiger partial charge in [-0.05, 0) is 41.3 Å². The fourth-order valence-corrected chi connectivity index (χ4v) is 3.39. The van der Waals surface area contributed by atoms with E-state index in [4.69, 9.17) is 16.4 Å². The number of benzene rings is 2. The highest BCUT2D eigenvalue weighted by molar-refractivity contribution is 6.30. The second-order valence-electron chi connectivity index (χ2n) is 7.48. The zero-order valence-corrected chi connectivity index (χ0v) is 16.8. The summed E-state index contributed by atoms with van der Waals surface area (Å²) in [6, 6.07) is 13.7. The molecule has 1 aliphatic rings. The van der Waals surface area contributed by atoms with Crippen molar-refractivity contribution in [3.8, 4) is 0 Å². The Balaban J connectivity index is 1.67. The molecule has 0 aliphatic carbocycles. The third-order valence-corrected chi connectivity index (χ3v) is 4.77. The van der Waals surface area contributed by atoms with Gasteiger partial charge in [-0.15, -0.1) is 0 Å². The van der Waals surface area contributed by atoms with E-state index in [-0.39, 0.29) is 23.7 Å². The summed E-state index contributed by atoms with van der Waals surface area (Å²) in [6.45, 7) is 4.96. The van der Waals surface area contributed by atoms with Crippen molar-refractivity contribution in [2.24, 2.45) is 11.1 Å². The average molecular weight is 403 g/mol. The molecule has 4 nitrogen and oxygen atoms in total. The zero-order chi connectivity index (χ0) is 20.1. The molecule has 0 N–H and O–H groups in total. The minimum atomic E-state index is -0.285. The van der Waals surface area contributed by atoms with Crippen LogP contribution in [0.1, 0.15) is 37.8 Å². The quantitative estimate of drug-likeness (QED) is 0.650. The third kappa shape index (κ3) is 5.55. The van der Waals surface area contributed by atoms with Crippen molar-refractivity contribution in [3.05, 3.63) is 70.5 Å². The Hall–Kier alpha value is -2.40. The van der Waals surface area contributed by atoms with E-state index in [1.54, 1.807) is 17.0 Å². The van der Waals surface area contributed by atoms with Crippen LogP contribution in [-0.2, 0) is 16.2 Å². The number of carbonyl (C=O) groups is 1. The molecule has 0 saturated heterocycles. The van der Waals surface area contributed by atoms with Gasteiger partial charge >= 0.3 is 0 Å². The Bertz CT molecular complexity index is 852. The molecule has 1 atom stereocenters. The number of hydrogen-bond donors (Lipinski definition) is 0. The SMILES string of the molecule is CC(C)CC(=O)N(Cc1cccc(Cl)c1)C[C@@H]1CC(c2ccc(F)cc2)=NO1. The van der Waals surface area contributed by atoms with Crippen molar-refractivity contribution in [1.82, 2.24) is 4.90 Å². The number of rotatable bonds is 7. The number of halogens is 2. The maximum absolute atomic E-state index is 13.1. The van der Waals surface area contributed by atoms with Crippen molar-refractivity contribution >= 4 is 23.2 Å². The zero-order valence-electron chi connectivity index (χ0n) is 16.1. The predicted molar refractivity (Wildman–Crippen MR) is 109 cm³/mol. The molecular weight excluding hydrogens is 379 g/mol. The van der Waals surface area contributed by atoms with Crippen LogP contribution in [0, 0.1) is 11.7 Å². The van der Waals surface area contributed by atoms with Crippen LogP contribution >= 0.6 is 11.6 Å². The van der Waals surface area contributed by atoms with Gasteiger partial charge in [-0.25, -0.2) is 4.39 Å². The lowest BCUT2D eigenvalue weighted by atomic mass is 10.0. The van der Waals surface area contributed by atoms with Crippen molar-refractivity contribution in [2.45, 2.75) is 39.3 Å². The Morgan fingerprint density at radius 1 is 1.29 bits per heavy atom. The van der Waals surface area contributed by atoms with Gasteiger partial charge in [0.05, 0.1) is 12.3 Å². The summed E-state index contributed by atoms with van der Waals surface area (Å²) >= 11 is 6.09. The molecule has 0 aromatic heterocycles. The van der Waals surface area contributed by atoms with Crippen molar-refractivity contribution < 1.29 is 14.0 Å². The van der Waals surface area contributed by atoms with Crippen LogP contribution in [0.3, 0.4) is 0 Å². The van der Waals surface area contributed by atoms with Gasteiger partial charge in [0.1, 0.15) is 5.82 Å². The number of carbonyl (C=O) groups excluding carboxylic acids is 1. The maximum atomic E-state index is 13.1. The van der Waals surface area contributed by atoms with Gasteiger partial charge in [-0.1, -0.05) is 54.9 Å². The smallest absolute Gasteiger partial charge is 0.223 e. The van der Waals surface area contributed by atoms with E-state index < -0.39 is 0 Å². The molecule has 1 amide bonds. The van der Waals surface area contributed by atoms with Crippen LogP contribution in [0.5, 0.6) is 0 Å². The van der Waals surface area contributed by atoms with Crippen LogP contribution in [0.4, 0.5) is 4.39 Å². The van der Waals surface area contributed by atoms with E-state index >= 15 is 0 Å². The van der Waals surface area contributed by atoms with Crippen LogP contribution in [0.15, 0.2) is 53.7 Å². The molecule has 0 spiro atoms. The summed E-state index contributed by atoms with van der Waals surface area (Å²) in [5, 5.41) is 4.79. The van der Waals surface area contributed by atoms with Gasteiger partial charge in [0, 0.05) is 24.4 Å². The van der Waals surface area contributed by atoms with Crippen molar-refractivity contribution in [3.63, 3.8) is 0 Å². The summed E-state index contributed by atoms with van der Waals surface area (Å²) in [5.41, 5.74) is 2.57. The molecule has 0 bridgehead atoms. The second-order valence-corrected chi connectivity index (χ2v) is 7.92. The standard InChI is InChI=1S/C22H24ClFN2O2/c1-15(2)10-22(27)26(13-16-4-3-5-18(23)11-16)14-20-12-21(25-28-20)17-6-8-19(24)9-7-17/h3-9,11,15,20H,10,12-14H2,1-2H3/t20-/m0/s1. The van der Waals surface area contributed by atoms with Crippen molar-refractivity contribution in [1.29, 1.82) is 0 Å². The molecule has 0 unspecified atom stereocenters. The van der Waals surface area contributed by atoms with Gasteiger partial charge in [0.15, 0.2) is 6.10 Å². The fourth-order valence-electron chi connectivity index (χ4n) is 3.17. The number of nitrogens with zero attached hydrogens (tertiary/aromatic N) is 2. The van der Waals surface area contributed by atoms with Gasteiger partial charge < -0.3 is 9.74 Å². The average Bonchev–Trinajstić information content (AvgIpc) is 3.10. The molecule has 2 aromatic carbocycles. The topological polar surface area (TPSA) is 41.9 Å². The monoisotopic (exact) mass is 402 g/mol. The first kappa shape index (κ1) is 20.3. The maximum Gasteiger partial charge on any atom is 0.223 e. The molecule has 28 heavy (non-hydrogen) atoms. The minimum Gasteiger partial charge on any atom is -0.390 e. The first-order chi connectivity index (χ1) is 13.4. The molecular formula is C22H24ClFN2O2. The number of hydrogen-bond acceptors (Lipinski definition) is 3. The van der Waals surface area contributed by atoms with Gasteiger partial charge in [-0.2, -0.15) is 0 Å². The lowest BCUT2D eigenvalue weighted by Gasteiger charge is -2.26. The highest BCUT2D eigenvalue weighted by atomic mass is 35.5. The molecule has 0 radical (unpaired) electrons. The van der Waals surface area contributed by atoms with E-state index in [9.17, 15) is 9.18 Å². The molecule has 1 heterocycles. The molecule has 3 rings (SSSR count). The van der Waals surface area contributed by atoms with Gasteiger partial charge in [-0.3, -0.25) is 4.79 Å². The Morgan fingerprint density at radius 2 is 2.04 bits per heavy atom. The molecule has 6 heteroatoms. The third-order valence-electron chi connectivity index (χ3n) is 4.53. The molecule has 0 fully saturated rings. The van der Waals surface area contributed by atoms with Crippen LogP contribution in [0.25, 0.3) is 0 Å². The van der Waals surface area contributed by atoms with E-state index in [0.717, 1.165) is 16.8 Å². The fraction of sp³-hybridized carbons (Fsp3) is 0.364. The van der Waals surface area contributed by atoms with Crippen LogP contribution in [-0.4, -0.2) is 29.2 Å². The van der Waals surface area contributed by atoms with E-state index in [2.05, 4.69) is 5.16 Å². The van der Waals surface area contributed by atoms with E-state index in [1.807, 2.05) is 38.1 Å². The second kappa shape index (κ2) is 9.20. The van der Waals surface area contributed by atoms with Crippen LogP contribution in [0.2, 0.25) is 5.02 Å². The van der Waals surface area contributed by atoms with E-state index in [1.165, 1.54) is 12.1 Å². The molecule has 148 valence electrons. The minimum absolute atomic E-state index is 0.0776. The Kier molecular flexibility index (Phi) is 6.68. The lowest BCUT2D eigenvalue weighted by molar-refractivity contribution is -0.134. The van der Waals surface area contributed by atoms with Gasteiger partial charge in [0.25, 0.3) is 0 Å². The molecule has 0 saturated carbocycles. The largest absolute Gasteiger partial charge is 0.390 e. The predicted octanol–water partition coefficient (Wildman–Crippen LogP) is 5.05. The first-order valence-electron chi connectivity index (χ1n) is 9.41. The Morgan fingerprint density at radius 3 is 2.71 bits per heavy atom. The Labute approximate surface area is 169 Å². The highest BCUT2D eigenvalue weighted by Gasteiger charge is 2.27. The summed E-state index contributed by atoms with van der Waals surface area (Å²) < 4.78 is 13.1. The van der Waals surface area contributed by atoms with Gasteiger partial charge in [0.2, 0.25) is 5.91 Å². The summed E-state index contributed by atoms with van der Waals surface area (Å²) in [7, 11) is 0. The van der Waals surface area contributed by atoms with E-state index in [0.29, 0.717) is 31.0 Å². The number of amides is 1. The molecule has 1 aliphatic heterocycles. The molecule has 2 aromatic rings. The summed E-state index contributed by atoms with van der Waals surface area (Å²) in [6.07, 6.45) is 0.821.